The minimum Gasteiger partial charge on any atom is -0.332 e. The number of aryl methyl sites for hydroxylation is 3. The quantitative estimate of drug-likeness (QED) is 0.405. The molecule has 8 heteroatoms. The lowest BCUT2D eigenvalue weighted by Gasteiger charge is -2.22. The van der Waals surface area contributed by atoms with Crippen LogP contribution in [0.1, 0.15) is 38.1 Å². The van der Waals surface area contributed by atoms with Gasteiger partial charge in [-0.3, -0.25) is 4.79 Å². The molecular formula is C23H25N5OS2. The van der Waals surface area contributed by atoms with Crippen molar-refractivity contribution >= 4 is 28.6 Å². The molecule has 0 saturated carbocycles. The van der Waals surface area contributed by atoms with E-state index in [4.69, 9.17) is 0 Å². The van der Waals surface area contributed by atoms with Crippen LogP contribution in [0.25, 0.3) is 5.95 Å². The van der Waals surface area contributed by atoms with Gasteiger partial charge in [-0.1, -0.05) is 12.1 Å². The smallest absolute Gasteiger partial charge is 0.251 e. The van der Waals surface area contributed by atoms with Crippen molar-refractivity contribution in [1.29, 1.82) is 0 Å². The average molecular weight is 452 g/mol. The molecule has 6 nitrogen and oxygen atoms in total. The topological polar surface area (TPSA) is 63.9 Å². The monoisotopic (exact) mass is 451 g/mol. The fraction of sp³-hybridized carbons (Fsp3) is 0.304. The Bertz CT molecular complexity index is 1120. The van der Waals surface area contributed by atoms with E-state index in [0.29, 0.717) is 25.5 Å². The second kappa shape index (κ2) is 9.11. The molecule has 4 aromatic rings. The van der Waals surface area contributed by atoms with Gasteiger partial charge in [0.2, 0.25) is 5.91 Å². The lowest BCUT2D eigenvalue weighted by atomic mass is 10.1. The molecule has 0 spiro atoms. The maximum Gasteiger partial charge on any atom is 0.251 e. The fourth-order valence-corrected chi connectivity index (χ4v) is 5.04. The van der Waals surface area contributed by atoms with Crippen molar-refractivity contribution in [2.24, 2.45) is 0 Å². The minimum absolute atomic E-state index is 0.0916. The number of nitrogens with zero attached hydrogens (tertiary/aromatic N) is 5. The summed E-state index contributed by atoms with van der Waals surface area (Å²) in [5.74, 6) is 0.639. The van der Waals surface area contributed by atoms with Crippen molar-refractivity contribution in [2.45, 2.75) is 47.2 Å². The predicted molar refractivity (Wildman–Crippen MR) is 125 cm³/mol. The molecular weight excluding hydrogens is 426 g/mol. The molecule has 0 aliphatic rings. The lowest BCUT2D eigenvalue weighted by Crippen LogP contribution is -2.31. The molecule has 0 bridgehead atoms. The van der Waals surface area contributed by atoms with Crippen LogP contribution < -0.4 is 0 Å². The first-order chi connectivity index (χ1) is 14.9. The molecule has 0 aliphatic heterocycles. The summed E-state index contributed by atoms with van der Waals surface area (Å²) < 4.78 is 1.75. The zero-order chi connectivity index (χ0) is 22.0. The van der Waals surface area contributed by atoms with Gasteiger partial charge in [0.25, 0.3) is 5.95 Å². The summed E-state index contributed by atoms with van der Waals surface area (Å²) in [4.78, 5) is 26.7. The van der Waals surface area contributed by atoms with Crippen molar-refractivity contribution in [3.63, 3.8) is 0 Å². The molecule has 0 aliphatic carbocycles. The molecule has 0 N–H and O–H groups in total. The number of amides is 1. The van der Waals surface area contributed by atoms with Crippen LogP contribution in [-0.4, -0.2) is 30.6 Å². The Hall–Kier alpha value is -2.84. The molecule has 0 saturated heterocycles. The number of hydrogen-bond acceptors (Lipinski definition) is 6. The third-order valence-electron chi connectivity index (χ3n) is 5.14. The zero-order valence-corrected chi connectivity index (χ0v) is 19.8. The highest BCUT2D eigenvalue weighted by molar-refractivity contribution is 7.10. The molecule has 0 fully saturated rings. The van der Waals surface area contributed by atoms with Gasteiger partial charge in [-0.2, -0.15) is 5.10 Å². The van der Waals surface area contributed by atoms with Crippen LogP contribution in [0.3, 0.4) is 0 Å². The van der Waals surface area contributed by atoms with E-state index < -0.39 is 0 Å². The van der Waals surface area contributed by atoms with Gasteiger partial charge in [0.05, 0.1) is 25.2 Å². The molecule has 1 amide bonds. The van der Waals surface area contributed by atoms with Crippen LogP contribution in [0.15, 0.2) is 41.1 Å². The number of carbonyl (C=O) groups is 1. The van der Waals surface area contributed by atoms with E-state index in [0.717, 1.165) is 28.3 Å². The van der Waals surface area contributed by atoms with Gasteiger partial charge < -0.3 is 4.90 Å². The maximum absolute atomic E-state index is 13.4. The summed E-state index contributed by atoms with van der Waals surface area (Å²) in [7, 11) is 0. The molecule has 31 heavy (non-hydrogen) atoms. The fourth-order valence-electron chi connectivity index (χ4n) is 3.60. The van der Waals surface area contributed by atoms with E-state index in [1.807, 2.05) is 61.6 Å². The highest BCUT2D eigenvalue weighted by atomic mass is 32.1. The predicted octanol–water partition coefficient (Wildman–Crippen LogP) is 4.79. The standard InChI is InChI=1S/C23H25N5OS2/c1-15-11-16(2)25-23(24-15)28-18(4)21(17(3)26-28)12-22(29)27(13-19-7-5-9-30-19)14-20-8-6-10-31-20/h5-11H,12-14H2,1-4H3. The summed E-state index contributed by atoms with van der Waals surface area (Å²) in [5, 5.41) is 8.75. The number of hydrogen-bond donors (Lipinski definition) is 0. The summed E-state index contributed by atoms with van der Waals surface area (Å²) in [6.07, 6.45) is 0.305. The number of carbonyl (C=O) groups excluding carboxylic acids is 1. The SMILES string of the molecule is Cc1cc(C)nc(-n2nc(C)c(CC(=O)N(Cc3cccs3)Cc3cccs3)c2C)n1. The van der Waals surface area contributed by atoms with Crippen molar-refractivity contribution in [3.05, 3.63) is 79.2 Å². The van der Waals surface area contributed by atoms with E-state index in [9.17, 15) is 4.79 Å². The molecule has 0 atom stereocenters. The van der Waals surface area contributed by atoms with E-state index in [1.54, 1.807) is 27.4 Å². The minimum atomic E-state index is 0.0916. The van der Waals surface area contributed by atoms with Crippen LogP contribution in [0.4, 0.5) is 0 Å². The molecule has 0 aromatic carbocycles. The Labute approximate surface area is 190 Å². The van der Waals surface area contributed by atoms with Crippen LogP contribution in [0.5, 0.6) is 0 Å². The Morgan fingerprint density at radius 3 is 2.06 bits per heavy atom. The zero-order valence-electron chi connectivity index (χ0n) is 18.1. The maximum atomic E-state index is 13.4. The van der Waals surface area contributed by atoms with E-state index in [2.05, 4.69) is 27.2 Å². The molecule has 0 radical (unpaired) electrons. The highest BCUT2D eigenvalue weighted by Gasteiger charge is 2.22. The molecule has 4 heterocycles. The van der Waals surface area contributed by atoms with Gasteiger partial charge >= 0.3 is 0 Å². The lowest BCUT2D eigenvalue weighted by molar-refractivity contribution is -0.131. The van der Waals surface area contributed by atoms with Gasteiger partial charge in [-0.05, 0) is 56.7 Å². The largest absolute Gasteiger partial charge is 0.332 e. The molecule has 4 aromatic heterocycles. The molecule has 160 valence electrons. The number of thiophene rings is 2. The van der Waals surface area contributed by atoms with Gasteiger partial charge in [-0.15, -0.1) is 22.7 Å². The molecule has 4 rings (SSSR count). The third kappa shape index (κ3) is 4.91. The summed E-state index contributed by atoms with van der Waals surface area (Å²) in [5.41, 5.74) is 4.47. The highest BCUT2D eigenvalue weighted by Crippen LogP contribution is 2.21. The Balaban J connectivity index is 1.60. The molecule has 0 unspecified atom stereocenters. The second-order valence-electron chi connectivity index (χ2n) is 7.60. The average Bonchev–Trinajstić information content (AvgIpc) is 3.46. The van der Waals surface area contributed by atoms with Crippen LogP contribution in [0, 0.1) is 27.7 Å². The van der Waals surface area contributed by atoms with Gasteiger partial charge in [0.1, 0.15) is 0 Å². The Kier molecular flexibility index (Phi) is 6.29. The van der Waals surface area contributed by atoms with Gasteiger partial charge in [0.15, 0.2) is 0 Å². The van der Waals surface area contributed by atoms with E-state index >= 15 is 0 Å². The van der Waals surface area contributed by atoms with Crippen LogP contribution >= 0.6 is 22.7 Å². The van der Waals surface area contributed by atoms with Crippen molar-refractivity contribution in [2.75, 3.05) is 0 Å². The van der Waals surface area contributed by atoms with Gasteiger partial charge in [0, 0.05) is 32.4 Å². The number of rotatable bonds is 7. The summed E-state index contributed by atoms with van der Waals surface area (Å²) in [6, 6.07) is 10.1. The second-order valence-corrected chi connectivity index (χ2v) is 9.66. The van der Waals surface area contributed by atoms with Crippen LogP contribution in [-0.2, 0) is 24.3 Å². The normalized spacial score (nSPS) is 11.1. The summed E-state index contributed by atoms with van der Waals surface area (Å²) >= 11 is 3.35. The third-order valence-corrected chi connectivity index (χ3v) is 6.86. The van der Waals surface area contributed by atoms with Gasteiger partial charge in [-0.25, -0.2) is 14.6 Å². The number of aromatic nitrogens is 4. The first-order valence-corrected chi connectivity index (χ1v) is 11.9. The Morgan fingerprint density at radius 2 is 1.55 bits per heavy atom. The van der Waals surface area contributed by atoms with E-state index in [-0.39, 0.29) is 5.91 Å². The first kappa shape index (κ1) is 21.4. The summed E-state index contributed by atoms with van der Waals surface area (Å²) in [6.45, 7) is 9.04. The van der Waals surface area contributed by atoms with Crippen molar-refractivity contribution < 1.29 is 4.79 Å². The van der Waals surface area contributed by atoms with E-state index in [1.165, 1.54) is 9.75 Å². The van der Waals surface area contributed by atoms with Crippen molar-refractivity contribution in [1.82, 2.24) is 24.6 Å². The van der Waals surface area contributed by atoms with Crippen molar-refractivity contribution in [3.8, 4) is 5.95 Å². The van der Waals surface area contributed by atoms with Crippen LogP contribution in [0.2, 0.25) is 0 Å². The Morgan fingerprint density at radius 1 is 0.968 bits per heavy atom. The first-order valence-electron chi connectivity index (χ1n) is 10.1.